The van der Waals surface area contributed by atoms with Crippen molar-refractivity contribution >= 4 is 11.4 Å². The minimum atomic E-state index is -0.782. The number of halogens is 2. The summed E-state index contributed by atoms with van der Waals surface area (Å²) in [5.74, 6) is -1.53. The highest BCUT2D eigenvalue weighted by Crippen LogP contribution is 2.32. The van der Waals surface area contributed by atoms with Gasteiger partial charge in [-0.15, -0.1) is 0 Å². The maximum Gasteiger partial charge on any atom is 0.184 e. The van der Waals surface area contributed by atoms with Crippen LogP contribution < -0.4 is 10.2 Å². The third kappa shape index (κ3) is 1.76. The van der Waals surface area contributed by atoms with E-state index in [2.05, 4.69) is 5.32 Å². The molecule has 2 rings (SSSR count). The highest BCUT2D eigenvalue weighted by molar-refractivity contribution is 5.71. The fourth-order valence-corrected chi connectivity index (χ4v) is 1.91. The van der Waals surface area contributed by atoms with Gasteiger partial charge in [0.2, 0.25) is 0 Å². The lowest BCUT2D eigenvalue weighted by atomic mass is 10.2. The van der Waals surface area contributed by atoms with Crippen LogP contribution in [0.3, 0.4) is 0 Å². The third-order valence-corrected chi connectivity index (χ3v) is 2.69. The average Bonchev–Trinajstić information content (AvgIpc) is 2.45. The summed E-state index contributed by atoms with van der Waals surface area (Å²) in [5.41, 5.74) is 1.06. The Morgan fingerprint density at radius 2 is 2.20 bits per heavy atom. The molecule has 0 saturated heterocycles. The minimum Gasteiger partial charge on any atom is -0.383 e. The number of rotatable bonds is 1. The minimum absolute atomic E-state index is 0.370. The summed E-state index contributed by atoms with van der Waals surface area (Å²) in [7, 11) is 0. The highest BCUT2D eigenvalue weighted by atomic mass is 19.2. The fraction of sp³-hybridized carbons (Fsp3) is 0.455. The quantitative estimate of drug-likeness (QED) is 0.769. The molecule has 0 aliphatic carbocycles. The van der Waals surface area contributed by atoms with Gasteiger partial charge in [0.25, 0.3) is 0 Å². The van der Waals surface area contributed by atoms with E-state index in [4.69, 9.17) is 0 Å². The zero-order valence-electron chi connectivity index (χ0n) is 8.69. The number of anilines is 2. The van der Waals surface area contributed by atoms with E-state index in [0.29, 0.717) is 17.9 Å². The summed E-state index contributed by atoms with van der Waals surface area (Å²) >= 11 is 0. The molecule has 0 bridgehead atoms. The molecule has 82 valence electrons. The van der Waals surface area contributed by atoms with E-state index < -0.39 is 11.6 Å². The predicted octanol–water partition coefficient (Wildman–Crippen LogP) is 2.61. The summed E-state index contributed by atoms with van der Waals surface area (Å²) in [6.07, 6.45) is 0.934. The first kappa shape index (κ1) is 10.2. The molecule has 0 spiro atoms. The first-order valence-corrected chi connectivity index (χ1v) is 5.21. The van der Waals surface area contributed by atoms with Gasteiger partial charge >= 0.3 is 0 Å². The molecule has 15 heavy (non-hydrogen) atoms. The fourth-order valence-electron chi connectivity index (χ4n) is 1.91. The summed E-state index contributed by atoms with van der Waals surface area (Å²) in [5, 5.41) is 3.11. The SMILES string of the molecule is CCN1CCCNc2ccc(F)c(F)c21. The summed E-state index contributed by atoms with van der Waals surface area (Å²) in [4.78, 5) is 1.87. The molecule has 1 heterocycles. The van der Waals surface area contributed by atoms with Crippen molar-refractivity contribution in [3.05, 3.63) is 23.8 Å². The van der Waals surface area contributed by atoms with Crippen molar-refractivity contribution in [1.29, 1.82) is 0 Å². The molecule has 0 aromatic heterocycles. The van der Waals surface area contributed by atoms with Gasteiger partial charge in [0.15, 0.2) is 11.6 Å². The van der Waals surface area contributed by atoms with Crippen molar-refractivity contribution in [3.8, 4) is 0 Å². The van der Waals surface area contributed by atoms with Gasteiger partial charge in [-0.25, -0.2) is 8.78 Å². The van der Waals surface area contributed by atoms with E-state index in [0.717, 1.165) is 19.5 Å². The third-order valence-electron chi connectivity index (χ3n) is 2.69. The van der Waals surface area contributed by atoms with Crippen molar-refractivity contribution in [2.24, 2.45) is 0 Å². The Hall–Kier alpha value is -1.32. The molecule has 0 atom stereocenters. The van der Waals surface area contributed by atoms with E-state index in [1.54, 1.807) is 6.07 Å². The van der Waals surface area contributed by atoms with Crippen LogP contribution in [0.15, 0.2) is 12.1 Å². The largest absolute Gasteiger partial charge is 0.383 e. The van der Waals surface area contributed by atoms with Crippen molar-refractivity contribution in [2.45, 2.75) is 13.3 Å². The van der Waals surface area contributed by atoms with Crippen LogP contribution in [0.2, 0.25) is 0 Å². The lowest BCUT2D eigenvalue weighted by Gasteiger charge is -2.23. The Morgan fingerprint density at radius 3 is 2.93 bits per heavy atom. The summed E-state index contributed by atoms with van der Waals surface area (Å²) in [6, 6.07) is 2.77. The molecule has 1 aromatic rings. The second-order valence-corrected chi connectivity index (χ2v) is 3.62. The molecular formula is C11H14F2N2. The van der Waals surface area contributed by atoms with Crippen LogP contribution in [0.5, 0.6) is 0 Å². The van der Waals surface area contributed by atoms with Gasteiger partial charge in [-0.1, -0.05) is 0 Å². The molecule has 0 fully saturated rings. The normalized spacial score (nSPS) is 15.5. The van der Waals surface area contributed by atoms with Crippen LogP contribution in [0, 0.1) is 11.6 Å². The lowest BCUT2D eigenvalue weighted by molar-refractivity contribution is 0.507. The standard InChI is InChI=1S/C11H14F2N2/c1-2-15-7-3-6-14-9-5-4-8(12)10(13)11(9)15/h4-5,14H,2-3,6-7H2,1H3. The van der Waals surface area contributed by atoms with E-state index in [1.807, 2.05) is 11.8 Å². The van der Waals surface area contributed by atoms with E-state index in [1.165, 1.54) is 6.07 Å². The van der Waals surface area contributed by atoms with Crippen molar-refractivity contribution in [2.75, 3.05) is 29.9 Å². The summed E-state index contributed by atoms with van der Waals surface area (Å²) < 4.78 is 26.8. The van der Waals surface area contributed by atoms with Gasteiger partial charge in [0.1, 0.15) is 0 Å². The van der Waals surface area contributed by atoms with Crippen LogP contribution in [0.25, 0.3) is 0 Å². The monoisotopic (exact) mass is 212 g/mol. The van der Waals surface area contributed by atoms with Gasteiger partial charge in [0, 0.05) is 19.6 Å². The highest BCUT2D eigenvalue weighted by Gasteiger charge is 2.20. The smallest absolute Gasteiger partial charge is 0.184 e. The van der Waals surface area contributed by atoms with Gasteiger partial charge < -0.3 is 10.2 Å². The molecule has 0 unspecified atom stereocenters. The molecular weight excluding hydrogens is 198 g/mol. The van der Waals surface area contributed by atoms with E-state index in [9.17, 15) is 8.78 Å². The van der Waals surface area contributed by atoms with Crippen LogP contribution in [-0.4, -0.2) is 19.6 Å². The average molecular weight is 212 g/mol. The second-order valence-electron chi connectivity index (χ2n) is 3.62. The maximum absolute atomic E-state index is 13.6. The lowest BCUT2D eigenvalue weighted by Crippen LogP contribution is -2.24. The van der Waals surface area contributed by atoms with Crippen LogP contribution in [0.4, 0.5) is 20.2 Å². The van der Waals surface area contributed by atoms with E-state index in [-0.39, 0.29) is 0 Å². The molecule has 2 nitrogen and oxygen atoms in total. The van der Waals surface area contributed by atoms with Crippen LogP contribution in [-0.2, 0) is 0 Å². The van der Waals surface area contributed by atoms with Crippen molar-refractivity contribution in [3.63, 3.8) is 0 Å². The number of hydrogen-bond acceptors (Lipinski definition) is 2. The molecule has 0 amide bonds. The second kappa shape index (κ2) is 4.04. The zero-order chi connectivity index (χ0) is 10.8. The number of fused-ring (bicyclic) bond motifs is 1. The van der Waals surface area contributed by atoms with Crippen molar-refractivity contribution in [1.82, 2.24) is 0 Å². The molecule has 1 N–H and O–H groups in total. The number of nitrogens with zero attached hydrogens (tertiary/aromatic N) is 1. The van der Waals surface area contributed by atoms with E-state index >= 15 is 0 Å². The van der Waals surface area contributed by atoms with Crippen LogP contribution in [0.1, 0.15) is 13.3 Å². The van der Waals surface area contributed by atoms with Gasteiger partial charge in [-0.3, -0.25) is 0 Å². The Morgan fingerprint density at radius 1 is 1.40 bits per heavy atom. The van der Waals surface area contributed by atoms with Gasteiger partial charge in [-0.2, -0.15) is 0 Å². The Balaban J connectivity index is 2.52. The Kier molecular flexibility index (Phi) is 2.75. The van der Waals surface area contributed by atoms with Gasteiger partial charge in [0.05, 0.1) is 11.4 Å². The number of benzene rings is 1. The molecule has 4 heteroatoms. The molecule has 0 saturated carbocycles. The molecule has 1 aromatic carbocycles. The molecule has 1 aliphatic heterocycles. The predicted molar refractivity (Wildman–Crippen MR) is 57.4 cm³/mol. The van der Waals surface area contributed by atoms with Crippen LogP contribution >= 0.6 is 0 Å². The Bertz CT molecular complexity index is 366. The topological polar surface area (TPSA) is 15.3 Å². The van der Waals surface area contributed by atoms with Gasteiger partial charge in [-0.05, 0) is 25.5 Å². The molecule has 1 aliphatic rings. The Labute approximate surface area is 87.9 Å². The molecule has 0 radical (unpaired) electrons. The zero-order valence-corrected chi connectivity index (χ0v) is 8.69. The number of hydrogen-bond donors (Lipinski definition) is 1. The van der Waals surface area contributed by atoms with Crippen molar-refractivity contribution < 1.29 is 8.78 Å². The first-order chi connectivity index (χ1) is 7.24. The summed E-state index contributed by atoms with van der Waals surface area (Å²) in [6.45, 7) is 4.19. The number of nitrogens with one attached hydrogen (secondary N) is 1. The maximum atomic E-state index is 13.6. The first-order valence-electron chi connectivity index (χ1n) is 5.21.